The molecule has 11 nitrogen and oxygen atoms in total. The van der Waals surface area contributed by atoms with Gasteiger partial charge in [0.15, 0.2) is 0 Å². The zero-order valence-corrected chi connectivity index (χ0v) is 33.9. The number of fused-ring (bicyclic) bond motifs is 2. The summed E-state index contributed by atoms with van der Waals surface area (Å²) in [6.07, 6.45) is 0.335. The van der Waals surface area contributed by atoms with Crippen molar-refractivity contribution in [3.05, 3.63) is 88.8 Å². The van der Waals surface area contributed by atoms with Crippen molar-refractivity contribution in [3.8, 4) is 45.5 Å². The van der Waals surface area contributed by atoms with Gasteiger partial charge in [0.2, 0.25) is 10.0 Å². The molecular weight excluding hydrogens is 796 g/mol. The molecule has 0 amide bonds. The molecule has 2 aromatic heterocycles. The number of ether oxygens (including phenoxy) is 4. The van der Waals surface area contributed by atoms with Gasteiger partial charge in [0.25, 0.3) is 0 Å². The Bertz CT molecular complexity index is 2170. The van der Waals surface area contributed by atoms with Gasteiger partial charge in [-0.05, 0) is 97.4 Å². The molecule has 0 bridgehead atoms. The Morgan fingerprint density at radius 3 is 1.67 bits per heavy atom. The monoisotopic (exact) mass is 841 g/mol. The Balaban J connectivity index is 0.000000209. The first kappa shape index (κ1) is 40.5. The van der Waals surface area contributed by atoms with Gasteiger partial charge in [-0.15, -0.1) is 0 Å². The van der Waals surface area contributed by atoms with Gasteiger partial charge in [0.05, 0.1) is 56.8 Å². The number of benzene rings is 3. The minimum Gasteiger partial charge on any atom is -0.497 e. The highest BCUT2D eigenvalue weighted by molar-refractivity contribution is 9.10. The number of methoxy groups -OCH3 is 2. The zero-order chi connectivity index (χ0) is 39.3. The molecule has 0 aliphatic carbocycles. The third-order valence-electron chi connectivity index (χ3n) is 9.17. The van der Waals surface area contributed by atoms with Crippen LogP contribution < -0.4 is 14.2 Å². The molecule has 0 unspecified atom stereocenters. The lowest BCUT2D eigenvalue weighted by molar-refractivity contribution is 0.0355. The fourth-order valence-electron chi connectivity index (χ4n) is 6.58. The smallest absolute Gasteiger partial charge is 0.241 e. The number of aromatic nitrogens is 4. The molecule has 294 valence electrons. The van der Waals surface area contributed by atoms with Crippen LogP contribution in [0, 0.1) is 0 Å². The number of halogens is 3. The van der Waals surface area contributed by atoms with Crippen LogP contribution >= 0.6 is 15.9 Å². The van der Waals surface area contributed by atoms with Crippen LogP contribution in [0.2, 0.25) is 0 Å². The second kappa shape index (κ2) is 17.3. The lowest BCUT2D eigenvalue weighted by atomic mass is 10.1. The van der Waals surface area contributed by atoms with Gasteiger partial charge < -0.3 is 28.1 Å². The van der Waals surface area contributed by atoms with E-state index in [2.05, 4.69) is 25.6 Å². The quantitative estimate of drug-likeness (QED) is 0.163. The number of sulfonamides is 1. The third-order valence-corrected chi connectivity index (χ3v) is 11.6. The van der Waals surface area contributed by atoms with E-state index in [4.69, 9.17) is 23.9 Å². The van der Waals surface area contributed by atoms with Crippen molar-refractivity contribution in [1.82, 2.24) is 23.8 Å². The Kier molecular flexibility index (Phi) is 12.8. The minimum atomic E-state index is -3.64. The highest BCUT2D eigenvalue weighted by Gasteiger charge is 2.27. The summed E-state index contributed by atoms with van der Waals surface area (Å²) in [6.45, 7) is 6.05. The zero-order valence-electron chi connectivity index (χ0n) is 31.5. The molecule has 4 heterocycles. The van der Waals surface area contributed by atoms with Crippen LogP contribution in [-0.2, 0) is 45.4 Å². The SMILES string of the molecule is COc1ccc(-c2nc(-c3ccc(S(=O)(=O)NC(C)(C)C)cc3)c3n2C[C@@H](CF)OCC3)cc1.COc1ccc(-c2nc(Br)c3n2C[C@@H](CF)OCC3)cc1. The molecule has 2 aliphatic heterocycles. The van der Waals surface area contributed by atoms with Crippen LogP contribution in [0.5, 0.6) is 11.5 Å². The molecular formula is C40H46BrF2N5O6S. The van der Waals surface area contributed by atoms with Crippen LogP contribution in [0.15, 0.2) is 82.3 Å². The Labute approximate surface area is 329 Å². The molecule has 0 radical (unpaired) electrons. The standard InChI is InChI=1S/C25H30FN3O4S.C15H16BrFN2O2/c1-25(2,3)28-34(30,31)21-11-7-17(8-12-21)23-22-13-14-33-20(15-26)16-29(22)24(27-23)18-5-9-19(32-4)10-6-18;1-20-11-4-2-10(3-5-11)15-18-14(16)13-6-7-21-12(8-17)9-19(13)15/h5-12,20,28H,13-16H2,1-4H3;2-5,12H,6-9H2,1H3/t20-;12-/m11/s1. The molecule has 15 heteroatoms. The second-order valence-electron chi connectivity index (χ2n) is 14.3. The van der Waals surface area contributed by atoms with Gasteiger partial charge in [-0.25, -0.2) is 31.9 Å². The van der Waals surface area contributed by atoms with Gasteiger partial charge >= 0.3 is 0 Å². The van der Waals surface area contributed by atoms with Crippen LogP contribution in [0.4, 0.5) is 8.78 Å². The third kappa shape index (κ3) is 9.46. The van der Waals surface area contributed by atoms with Crippen molar-refractivity contribution < 1.29 is 36.1 Å². The number of alkyl halides is 2. The van der Waals surface area contributed by atoms with Crippen LogP contribution in [0.1, 0.15) is 32.2 Å². The van der Waals surface area contributed by atoms with Crippen molar-refractivity contribution in [2.24, 2.45) is 0 Å². The average molecular weight is 843 g/mol. The Morgan fingerprint density at radius 1 is 0.745 bits per heavy atom. The first-order valence-electron chi connectivity index (χ1n) is 18.0. The van der Waals surface area contributed by atoms with E-state index < -0.39 is 41.1 Å². The summed E-state index contributed by atoms with van der Waals surface area (Å²) in [5.74, 6) is 3.06. The van der Waals surface area contributed by atoms with Gasteiger partial charge in [0, 0.05) is 40.8 Å². The summed E-state index contributed by atoms with van der Waals surface area (Å²) in [5.41, 5.74) is 4.78. The van der Waals surface area contributed by atoms with Crippen molar-refractivity contribution in [2.75, 3.05) is 40.8 Å². The highest BCUT2D eigenvalue weighted by atomic mass is 79.9. The van der Waals surface area contributed by atoms with Gasteiger partial charge in [-0.3, -0.25) is 0 Å². The largest absolute Gasteiger partial charge is 0.497 e. The predicted molar refractivity (Wildman–Crippen MR) is 210 cm³/mol. The fourth-order valence-corrected chi connectivity index (χ4v) is 8.58. The summed E-state index contributed by atoms with van der Waals surface area (Å²) < 4.78 is 81.1. The van der Waals surface area contributed by atoms with E-state index in [0.717, 1.165) is 62.1 Å². The van der Waals surface area contributed by atoms with E-state index in [1.807, 2.05) is 57.7 Å². The molecule has 2 aliphatic rings. The highest BCUT2D eigenvalue weighted by Crippen LogP contribution is 2.34. The second-order valence-corrected chi connectivity index (χ2v) is 16.7. The lowest BCUT2D eigenvalue weighted by Gasteiger charge is -2.20. The van der Waals surface area contributed by atoms with Crippen LogP contribution in [-0.4, -0.2) is 86.0 Å². The van der Waals surface area contributed by atoms with Crippen molar-refractivity contribution in [1.29, 1.82) is 0 Å². The van der Waals surface area contributed by atoms with E-state index in [1.54, 1.807) is 59.3 Å². The molecule has 0 saturated carbocycles. The summed E-state index contributed by atoms with van der Waals surface area (Å²) in [4.78, 5) is 9.71. The Hall–Kier alpha value is -4.15. The van der Waals surface area contributed by atoms with Gasteiger partial charge in [-0.2, -0.15) is 0 Å². The molecule has 55 heavy (non-hydrogen) atoms. The molecule has 2 atom stereocenters. The molecule has 3 aromatic carbocycles. The summed E-state index contributed by atoms with van der Waals surface area (Å²) in [6, 6.07) is 21.9. The maximum absolute atomic E-state index is 13.6. The van der Waals surface area contributed by atoms with Crippen molar-refractivity contribution in [3.63, 3.8) is 0 Å². The number of nitrogens with one attached hydrogen (secondary N) is 1. The Morgan fingerprint density at radius 2 is 1.20 bits per heavy atom. The topological polar surface area (TPSA) is 119 Å². The van der Waals surface area contributed by atoms with E-state index in [0.29, 0.717) is 38.5 Å². The summed E-state index contributed by atoms with van der Waals surface area (Å²) >= 11 is 3.50. The molecule has 5 aromatic rings. The van der Waals surface area contributed by atoms with Crippen LogP contribution in [0.3, 0.4) is 0 Å². The molecule has 0 fully saturated rings. The number of nitrogens with zero attached hydrogens (tertiary/aromatic N) is 4. The maximum Gasteiger partial charge on any atom is 0.241 e. The number of imidazole rings is 2. The van der Waals surface area contributed by atoms with E-state index >= 15 is 0 Å². The van der Waals surface area contributed by atoms with Gasteiger partial charge in [0.1, 0.15) is 53.3 Å². The number of hydrogen-bond donors (Lipinski definition) is 1. The summed E-state index contributed by atoms with van der Waals surface area (Å²) in [7, 11) is -0.399. The fraction of sp³-hybridized carbons (Fsp3) is 0.400. The van der Waals surface area contributed by atoms with E-state index in [1.165, 1.54) is 0 Å². The van der Waals surface area contributed by atoms with Crippen LogP contribution in [0.25, 0.3) is 34.0 Å². The molecule has 0 saturated heterocycles. The summed E-state index contributed by atoms with van der Waals surface area (Å²) in [5, 5.41) is 0. The van der Waals surface area contributed by atoms with E-state index in [9.17, 15) is 17.2 Å². The number of hydrogen-bond acceptors (Lipinski definition) is 8. The lowest BCUT2D eigenvalue weighted by Crippen LogP contribution is -2.40. The predicted octanol–water partition coefficient (Wildman–Crippen LogP) is 7.45. The van der Waals surface area contributed by atoms with Crippen molar-refractivity contribution in [2.45, 2.75) is 69.3 Å². The first-order valence-corrected chi connectivity index (χ1v) is 20.2. The normalized spacial score (nSPS) is 17.2. The maximum atomic E-state index is 13.6. The minimum absolute atomic E-state index is 0.188. The van der Waals surface area contributed by atoms with Crippen molar-refractivity contribution >= 4 is 26.0 Å². The molecule has 7 rings (SSSR count). The molecule has 0 spiro atoms. The molecule has 1 N–H and O–H groups in total. The first-order chi connectivity index (χ1) is 26.3. The number of rotatable bonds is 9. The van der Waals surface area contributed by atoms with E-state index in [-0.39, 0.29) is 4.90 Å². The van der Waals surface area contributed by atoms with Gasteiger partial charge in [-0.1, -0.05) is 12.1 Å². The average Bonchev–Trinajstić information content (AvgIpc) is 3.46.